The lowest BCUT2D eigenvalue weighted by Gasteiger charge is -2.18. The van der Waals surface area contributed by atoms with E-state index in [4.69, 9.17) is 14.6 Å². The molecule has 0 spiro atoms. The van der Waals surface area contributed by atoms with E-state index < -0.39 is 5.97 Å². The third kappa shape index (κ3) is 6.97. The van der Waals surface area contributed by atoms with Crippen LogP contribution in [-0.2, 0) is 19.1 Å². The zero-order valence-electron chi connectivity index (χ0n) is 9.35. The summed E-state index contributed by atoms with van der Waals surface area (Å²) >= 11 is 0. The topological polar surface area (TPSA) is 76.1 Å². The number of carbonyl (C=O) groups excluding carboxylic acids is 1. The van der Waals surface area contributed by atoms with Gasteiger partial charge in [0.25, 0.3) is 0 Å². The van der Waals surface area contributed by atoms with Crippen LogP contribution in [0.4, 0.5) is 0 Å². The smallest absolute Gasteiger partial charge is 0.323 e. The van der Waals surface area contributed by atoms with Crippen LogP contribution in [0.1, 0.15) is 0 Å². The van der Waals surface area contributed by atoms with Gasteiger partial charge in [0.1, 0.15) is 13.2 Å². The fourth-order valence-electron chi connectivity index (χ4n) is 0.967. The number of carboxylic acids is 1. The Kier molecular flexibility index (Phi) is 8.10. The Hall–Kier alpha value is -1.40. The van der Waals surface area contributed by atoms with Gasteiger partial charge in [0.05, 0.1) is 13.2 Å². The normalized spacial score (nSPS) is 9.81. The van der Waals surface area contributed by atoms with Crippen LogP contribution in [0.2, 0.25) is 0 Å². The highest BCUT2D eigenvalue weighted by atomic mass is 16.5. The fourth-order valence-corrected chi connectivity index (χ4v) is 0.967. The van der Waals surface area contributed by atoms with Gasteiger partial charge in [-0.05, 0) is 0 Å². The molecule has 16 heavy (non-hydrogen) atoms. The molecule has 0 saturated heterocycles. The number of rotatable bonds is 9. The van der Waals surface area contributed by atoms with E-state index in [9.17, 15) is 9.59 Å². The predicted octanol–water partition coefficient (Wildman–Crippen LogP) is -0.251. The summed E-state index contributed by atoms with van der Waals surface area (Å²) in [5.41, 5.74) is 0. The van der Waals surface area contributed by atoms with Crippen molar-refractivity contribution in [2.24, 2.45) is 0 Å². The van der Waals surface area contributed by atoms with Gasteiger partial charge in [-0.15, -0.1) is 6.58 Å². The molecule has 0 bridgehead atoms. The minimum atomic E-state index is -1.06. The van der Waals surface area contributed by atoms with Crippen LogP contribution in [0, 0.1) is 0 Å². The molecular weight excluding hydrogens is 214 g/mol. The molecule has 0 rings (SSSR count). The van der Waals surface area contributed by atoms with Crippen molar-refractivity contribution in [1.29, 1.82) is 0 Å². The molecule has 0 aliphatic heterocycles. The first-order valence-electron chi connectivity index (χ1n) is 4.79. The molecule has 0 aliphatic rings. The van der Waals surface area contributed by atoms with Crippen LogP contribution in [0.5, 0.6) is 0 Å². The van der Waals surface area contributed by atoms with E-state index in [1.165, 1.54) is 13.2 Å². The van der Waals surface area contributed by atoms with Crippen molar-refractivity contribution in [3.05, 3.63) is 12.7 Å². The summed E-state index contributed by atoms with van der Waals surface area (Å²) in [7, 11) is 1.53. The molecule has 1 amide bonds. The van der Waals surface area contributed by atoms with Crippen LogP contribution in [0.3, 0.4) is 0 Å². The molecule has 6 heteroatoms. The Bertz CT molecular complexity index is 241. The maximum atomic E-state index is 11.5. The number of amides is 1. The molecular formula is C10H17NO5. The lowest BCUT2D eigenvalue weighted by molar-refractivity contribution is -0.146. The quantitative estimate of drug-likeness (QED) is 0.437. The highest BCUT2D eigenvalue weighted by Crippen LogP contribution is 1.92. The van der Waals surface area contributed by atoms with E-state index in [2.05, 4.69) is 6.58 Å². The highest BCUT2D eigenvalue weighted by molar-refractivity contribution is 5.82. The van der Waals surface area contributed by atoms with Gasteiger partial charge in [-0.1, -0.05) is 6.08 Å². The van der Waals surface area contributed by atoms with Crippen molar-refractivity contribution in [2.75, 3.05) is 40.0 Å². The van der Waals surface area contributed by atoms with Gasteiger partial charge >= 0.3 is 5.97 Å². The van der Waals surface area contributed by atoms with Crippen LogP contribution < -0.4 is 0 Å². The second-order valence-corrected chi connectivity index (χ2v) is 3.00. The van der Waals surface area contributed by atoms with Gasteiger partial charge in [-0.25, -0.2) is 0 Å². The van der Waals surface area contributed by atoms with Gasteiger partial charge in [-0.3, -0.25) is 9.59 Å². The first-order valence-corrected chi connectivity index (χ1v) is 4.79. The molecule has 0 saturated carbocycles. The number of carboxylic acid groups (broad SMARTS) is 1. The fraction of sp³-hybridized carbons (Fsp3) is 0.600. The van der Waals surface area contributed by atoms with E-state index in [1.807, 2.05) is 0 Å². The second kappa shape index (κ2) is 8.87. The number of hydrogen-bond acceptors (Lipinski definition) is 4. The van der Waals surface area contributed by atoms with Gasteiger partial charge in [-0.2, -0.15) is 0 Å². The molecule has 0 unspecified atom stereocenters. The number of carbonyl (C=O) groups is 2. The summed E-state index contributed by atoms with van der Waals surface area (Å²) in [4.78, 5) is 23.1. The molecule has 92 valence electrons. The number of hydrogen-bond donors (Lipinski definition) is 1. The van der Waals surface area contributed by atoms with Crippen LogP contribution in [-0.4, -0.2) is 61.9 Å². The highest BCUT2D eigenvalue weighted by Gasteiger charge is 2.14. The van der Waals surface area contributed by atoms with Crippen molar-refractivity contribution in [3.63, 3.8) is 0 Å². The summed E-state index contributed by atoms with van der Waals surface area (Å²) < 4.78 is 9.74. The van der Waals surface area contributed by atoms with Gasteiger partial charge in [0, 0.05) is 13.7 Å². The number of nitrogens with zero attached hydrogens (tertiary/aromatic N) is 1. The molecule has 1 N–H and O–H groups in total. The van der Waals surface area contributed by atoms with Crippen LogP contribution in [0.15, 0.2) is 12.7 Å². The van der Waals surface area contributed by atoms with Crippen LogP contribution >= 0.6 is 0 Å². The Morgan fingerprint density at radius 3 is 2.62 bits per heavy atom. The van der Waals surface area contributed by atoms with Crippen molar-refractivity contribution in [1.82, 2.24) is 4.90 Å². The number of methoxy groups -OCH3 is 1. The molecule has 0 aromatic heterocycles. The minimum absolute atomic E-state index is 0.148. The van der Waals surface area contributed by atoms with Crippen molar-refractivity contribution in [2.45, 2.75) is 0 Å². The maximum Gasteiger partial charge on any atom is 0.323 e. The second-order valence-electron chi connectivity index (χ2n) is 3.00. The summed E-state index contributed by atoms with van der Waals surface area (Å²) in [6.07, 6.45) is 1.47. The maximum absolute atomic E-state index is 11.5. The number of aliphatic carboxylic acids is 1. The Balaban J connectivity index is 3.96. The van der Waals surface area contributed by atoms with Crippen molar-refractivity contribution >= 4 is 11.9 Å². The third-order valence-electron chi connectivity index (χ3n) is 1.69. The van der Waals surface area contributed by atoms with Crippen LogP contribution in [0.25, 0.3) is 0 Å². The summed E-state index contributed by atoms with van der Waals surface area (Å²) in [5, 5.41) is 8.58. The zero-order valence-corrected chi connectivity index (χ0v) is 9.35. The van der Waals surface area contributed by atoms with E-state index in [0.717, 1.165) is 4.90 Å². The largest absolute Gasteiger partial charge is 0.480 e. The molecule has 0 fully saturated rings. The average molecular weight is 231 g/mol. The first-order chi connectivity index (χ1) is 7.61. The Morgan fingerprint density at radius 1 is 1.44 bits per heavy atom. The lowest BCUT2D eigenvalue weighted by atomic mass is 10.4. The summed E-state index contributed by atoms with van der Waals surface area (Å²) in [5.74, 6) is -1.44. The van der Waals surface area contributed by atoms with Gasteiger partial charge in [0.2, 0.25) is 5.91 Å². The lowest BCUT2D eigenvalue weighted by Crippen LogP contribution is -2.38. The van der Waals surface area contributed by atoms with Crippen molar-refractivity contribution in [3.8, 4) is 0 Å². The standard InChI is InChI=1S/C10H17NO5/c1-3-4-11(7-10(13)14)9(12)8-16-6-5-15-2/h3H,1,4-8H2,2H3,(H,13,14). The molecule has 0 atom stereocenters. The molecule has 0 radical (unpaired) electrons. The van der Waals surface area contributed by atoms with E-state index in [-0.39, 0.29) is 25.6 Å². The van der Waals surface area contributed by atoms with Crippen molar-refractivity contribution < 1.29 is 24.2 Å². The number of ether oxygens (including phenoxy) is 2. The predicted molar refractivity (Wildman–Crippen MR) is 57.1 cm³/mol. The third-order valence-corrected chi connectivity index (χ3v) is 1.69. The average Bonchev–Trinajstić information content (AvgIpc) is 2.23. The Labute approximate surface area is 94.4 Å². The molecule has 0 aromatic carbocycles. The minimum Gasteiger partial charge on any atom is -0.480 e. The summed E-state index contributed by atoms with van der Waals surface area (Å²) in [6.45, 7) is 3.85. The van der Waals surface area contributed by atoms with E-state index >= 15 is 0 Å². The molecule has 0 heterocycles. The molecule has 0 aromatic rings. The van der Waals surface area contributed by atoms with Gasteiger partial charge in [0.15, 0.2) is 0 Å². The first kappa shape index (κ1) is 14.6. The zero-order chi connectivity index (χ0) is 12.4. The molecule has 6 nitrogen and oxygen atoms in total. The SMILES string of the molecule is C=CCN(CC(=O)O)C(=O)COCCOC. The van der Waals surface area contributed by atoms with E-state index in [1.54, 1.807) is 0 Å². The summed E-state index contributed by atoms with van der Waals surface area (Å²) in [6, 6.07) is 0. The van der Waals surface area contributed by atoms with E-state index in [0.29, 0.717) is 13.2 Å². The molecule has 0 aliphatic carbocycles. The monoisotopic (exact) mass is 231 g/mol. The Morgan fingerprint density at radius 2 is 2.12 bits per heavy atom. The van der Waals surface area contributed by atoms with Gasteiger partial charge < -0.3 is 19.5 Å².